The van der Waals surface area contributed by atoms with E-state index in [1.54, 1.807) is 24.3 Å². The highest BCUT2D eigenvalue weighted by Gasteiger charge is 2.34. The number of nitrogens with zero attached hydrogens (tertiary/aromatic N) is 1. The largest absolute Gasteiger partial charge is 0.484 e. The van der Waals surface area contributed by atoms with Crippen LogP contribution in [0.25, 0.3) is 6.08 Å². The van der Waals surface area contributed by atoms with E-state index in [4.69, 9.17) is 9.15 Å². The fourth-order valence-corrected chi connectivity index (χ4v) is 3.42. The van der Waals surface area contributed by atoms with Gasteiger partial charge in [0, 0.05) is 5.69 Å². The van der Waals surface area contributed by atoms with Crippen molar-refractivity contribution in [3.63, 3.8) is 0 Å². The van der Waals surface area contributed by atoms with Crippen LogP contribution in [0.1, 0.15) is 27.4 Å². The number of hydrogen-bond acceptors (Lipinski definition) is 7. The lowest BCUT2D eigenvalue weighted by Crippen LogP contribution is -2.30. The van der Waals surface area contributed by atoms with Gasteiger partial charge < -0.3 is 24.5 Å². The minimum Gasteiger partial charge on any atom is -0.484 e. The first-order valence-electron chi connectivity index (χ1n) is 10.9. The minimum atomic E-state index is -0.654. The number of amides is 4. The van der Waals surface area contributed by atoms with E-state index in [1.165, 1.54) is 25.3 Å². The average molecular weight is 489 g/mol. The number of para-hydroxylation sites is 1. The quantitative estimate of drug-likeness (QED) is 0.282. The van der Waals surface area contributed by atoms with Crippen LogP contribution in [0.4, 0.5) is 10.5 Å². The van der Waals surface area contributed by atoms with E-state index in [0.29, 0.717) is 11.3 Å². The number of furan rings is 1. The SMILES string of the molecule is COC(=O)c1ccc(CN2C(=O)N/C(=C\c3ccc(OCC(=O)Nc4ccccc4C)cc3)C2=O)o1. The van der Waals surface area contributed by atoms with Crippen molar-refractivity contribution in [3.05, 3.63) is 89.0 Å². The van der Waals surface area contributed by atoms with Gasteiger partial charge in [-0.05, 0) is 54.5 Å². The molecule has 0 radical (unpaired) electrons. The van der Waals surface area contributed by atoms with Crippen molar-refractivity contribution >= 4 is 35.6 Å². The molecule has 0 aliphatic carbocycles. The first kappa shape index (κ1) is 24.3. The van der Waals surface area contributed by atoms with E-state index in [9.17, 15) is 19.2 Å². The predicted octanol–water partition coefficient (Wildman–Crippen LogP) is 3.49. The number of carbonyl (C=O) groups excluding carboxylic acids is 4. The van der Waals surface area contributed by atoms with Gasteiger partial charge in [-0.3, -0.25) is 14.5 Å². The van der Waals surface area contributed by atoms with Gasteiger partial charge >= 0.3 is 12.0 Å². The fraction of sp³-hybridized carbons (Fsp3) is 0.154. The number of benzene rings is 2. The highest BCUT2D eigenvalue weighted by atomic mass is 16.5. The Morgan fingerprint density at radius 3 is 2.53 bits per heavy atom. The van der Waals surface area contributed by atoms with Gasteiger partial charge in [-0.15, -0.1) is 0 Å². The molecule has 10 nitrogen and oxygen atoms in total. The molecule has 3 aromatic rings. The van der Waals surface area contributed by atoms with Crippen molar-refractivity contribution in [2.45, 2.75) is 13.5 Å². The average Bonchev–Trinajstić information content (AvgIpc) is 3.45. The highest BCUT2D eigenvalue weighted by Crippen LogP contribution is 2.20. The zero-order valence-electron chi connectivity index (χ0n) is 19.6. The third-order valence-corrected chi connectivity index (χ3v) is 5.30. The van der Waals surface area contributed by atoms with Gasteiger partial charge in [0.2, 0.25) is 5.76 Å². The highest BCUT2D eigenvalue weighted by molar-refractivity contribution is 6.13. The Kier molecular flexibility index (Phi) is 7.15. The zero-order chi connectivity index (χ0) is 25.7. The van der Waals surface area contributed by atoms with E-state index in [2.05, 4.69) is 15.4 Å². The van der Waals surface area contributed by atoms with E-state index >= 15 is 0 Å². The van der Waals surface area contributed by atoms with Gasteiger partial charge in [0.25, 0.3) is 11.8 Å². The fourth-order valence-electron chi connectivity index (χ4n) is 3.42. The van der Waals surface area contributed by atoms with Crippen LogP contribution in [0.5, 0.6) is 5.75 Å². The number of imide groups is 1. The molecule has 4 amide bonds. The number of urea groups is 1. The summed E-state index contributed by atoms with van der Waals surface area (Å²) < 4.78 is 15.4. The standard InChI is InChI=1S/C26H23N3O7/c1-16-5-3-4-6-20(16)27-23(30)15-35-18-9-7-17(8-10-18)13-21-24(31)29(26(33)28-21)14-19-11-12-22(36-19)25(32)34-2/h3-13H,14-15H2,1-2H3,(H,27,30)(H,28,33)/b21-13-. The van der Waals surface area contributed by atoms with Crippen LogP contribution < -0.4 is 15.4 Å². The molecule has 4 rings (SSSR count). The lowest BCUT2D eigenvalue weighted by Gasteiger charge is -2.09. The summed E-state index contributed by atoms with van der Waals surface area (Å²) >= 11 is 0. The number of ether oxygens (including phenoxy) is 2. The number of hydrogen-bond donors (Lipinski definition) is 2. The molecule has 1 saturated heterocycles. The smallest absolute Gasteiger partial charge is 0.373 e. The van der Waals surface area contributed by atoms with Crippen molar-refractivity contribution in [3.8, 4) is 5.75 Å². The summed E-state index contributed by atoms with van der Waals surface area (Å²) in [6.07, 6.45) is 1.52. The van der Waals surface area contributed by atoms with Gasteiger partial charge in [-0.2, -0.15) is 0 Å². The maximum atomic E-state index is 12.7. The molecule has 2 N–H and O–H groups in total. The van der Waals surface area contributed by atoms with E-state index in [1.807, 2.05) is 31.2 Å². The van der Waals surface area contributed by atoms with Crippen LogP contribution in [-0.2, 0) is 20.9 Å². The number of rotatable bonds is 8. The Balaban J connectivity index is 1.34. The van der Waals surface area contributed by atoms with Gasteiger partial charge in [-0.1, -0.05) is 30.3 Å². The Morgan fingerprint density at radius 2 is 1.81 bits per heavy atom. The minimum absolute atomic E-state index is 0.0229. The van der Waals surface area contributed by atoms with Crippen LogP contribution in [0.2, 0.25) is 0 Å². The molecular weight excluding hydrogens is 466 g/mol. The van der Waals surface area contributed by atoms with Crippen LogP contribution in [0, 0.1) is 6.92 Å². The number of aryl methyl sites for hydroxylation is 1. The molecule has 1 fully saturated rings. The number of esters is 1. The normalized spacial score (nSPS) is 14.1. The lowest BCUT2D eigenvalue weighted by atomic mass is 10.2. The Hall–Kier alpha value is -4.86. The Labute approximate surface area is 206 Å². The molecule has 10 heteroatoms. The predicted molar refractivity (Wildman–Crippen MR) is 129 cm³/mol. The van der Waals surface area contributed by atoms with Crippen molar-refractivity contribution in [1.29, 1.82) is 0 Å². The molecule has 184 valence electrons. The monoisotopic (exact) mass is 489 g/mol. The molecule has 0 spiro atoms. The summed E-state index contributed by atoms with van der Waals surface area (Å²) in [5.74, 6) is -0.772. The van der Waals surface area contributed by atoms with Gasteiger partial charge in [0.1, 0.15) is 17.2 Å². The summed E-state index contributed by atoms with van der Waals surface area (Å²) in [6.45, 7) is 1.59. The molecule has 2 aromatic carbocycles. The number of carbonyl (C=O) groups is 4. The van der Waals surface area contributed by atoms with Crippen molar-refractivity contribution < 1.29 is 33.1 Å². The Morgan fingerprint density at radius 1 is 1.06 bits per heavy atom. The summed E-state index contributed by atoms with van der Waals surface area (Å²) in [5.41, 5.74) is 2.40. The molecule has 36 heavy (non-hydrogen) atoms. The second-order valence-electron chi connectivity index (χ2n) is 7.86. The molecule has 1 aliphatic rings. The third-order valence-electron chi connectivity index (χ3n) is 5.30. The summed E-state index contributed by atoms with van der Waals surface area (Å²) in [6, 6.07) is 16.4. The van der Waals surface area contributed by atoms with Gasteiger partial charge in [-0.25, -0.2) is 9.59 Å². The maximum Gasteiger partial charge on any atom is 0.373 e. The van der Waals surface area contributed by atoms with Crippen LogP contribution >= 0.6 is 0 Å². The zero-order valence-corrected chi connectivity index (χ0v) is 19.6. The van der Waals surface area contributed by atoms with Crippen molar-refractivity contribution in [2.24, 2.45) is 0 Å². The number of nitrogens with one attached hydrogen (secondary N) is 2. The van der Waals surface area contributed by atoms with Gasteiger partial charge in [0.05, 0.1) is 13.7 Å². The molecule has 2 heterocycles. The summed E-state index contributed by atoms with van der Waals surface area (Å²) in [7, 11) is 1.22. The van der Waals surface area contributed by atoms with E-state index < -0.39 is 17.9 Å². The van der Waals surface area contributed by atoms with Crippen molar-refractivity contribution in [1.82, 2.24) is 10.2 Å². The van der Waals surface area contributed by atoms with Crippen LogP contribution in [0.15, 0.2) is 70.8 Å². The molecule has 0 unspecified atom stereocenters. The van der Waals surface area contributed by atoms with E-state index in [0.717, 1.165) is 16.2 Å². The second-order valence-corrected chi connectivity index (χ2v) is 7.86. The first-order chi connectivity index (χ1) is 17.3. The molecule has 1 aliphatic heterocycles. The molecule has 0 bridgehead atoms. The van der Waals surface area contributed by atoms with Crippen molar-refractivity contribution in [2.75, 3.05) is 19.0 Å². The Bertz CT molecular complexity index is 1340. The second kappa shape index (κ2) is 10.6. The molecule has 0 atom stereocenters. The lowest BCUT2D eigenvalue weighted by molar-refractivity contribution is -0.123. The first-order valence-corrected chi connectivity index (χ1v) is 10.9. The molecule has 1 aromatic heterocycles. The molecule has 0 saturated carbocycles. The molecular formula is C26H23N3O7. The van der Waals surface area contributed by atoms with Gasteiger partial charge in [0.15, 0.2) is 6.61 Å². The number of methoxy groups -OCH3 is 1. The topological polar surface area (TPSA) is 127 Å². The maximum absolute atomic E-state index is 12.7. The summed E-state index contributed by atoms with van der Waals surface area (Å²) in [4.78, 5) is 49.7. The van der Waals surface area contributed by atoms with Crippen LogP contribution in [-0.4, -0.2) is 42.4 Å². The van der Waals surface area contributed by atoms with Crippen LogP contribution in [0.3, 0.4) is 0 Å². The summed E-state index contributed by atoms with van der Waals surface area (Å²) in [5, 5.41) is 5.32. The van der Waals surface area contributed by atoms with E-state index in [-0.39, 0.29) is 36.3 Å². The number of anilines is 1. The third kappa shape index (κ3) is 5.61.